The van der Waals surface area contributed by atoms with E-state index in [0.29, 0.717) is 18.7 Å². The predicted molar refractivity (Wildman–Crippen MR) is 76.2 cm³/mol. The number of carbonyl (C=O) groups excluding carboxylic acids is 2. The number of carbonyl (C=O) groups is 2. The van der Waals surface area contributed by atoms with Crippen molar-refractivity contribution >= 4 is 11.8 Å². The highest BCUT2D eigenvalue weighted by molar-refractivity contribution is 5.94. The maximum Gasteiger partial charge on any atom is 0.273 e. The molecule has 7 heteroatoms. The molecule has 1 aliphatic heterocycles. The van der Waals surface area contributed by atoms with Gasteiger partial charge in [0.2, 0.25) is 0 Å². The minimum Gasteiger partial charge on any atom is -0.472 e. The van der Waals surface area contributed by atoms with E-state index in [9.17, 15) is 9.59 Å². The van der Waals surface area contributed by atoms with Crippen molar-refractivity contribution in [3.63, 3.8) is 0 Å². The van der Waals surface area contributed by atoms with Gasteiger partial charge in [-0.05, 0) is 24.8 Å². The number of nitrogens with zero attached hydrogens (tertiary/aromatic N) is 2. The van der Waals surface area contributed by atoms with Gasteiger partial charge in [-0.25, -0.2) is 0 Å². The first-order chi connectivity index (χ1) is 10.7. The summed E-state index contributed by atoms with van der Waals surface area (Å²) in [5.41, 5.74) is 0.828. The smallest absolute Gasteiger partial charge is 0.273 e. The van der Waals surface area contributed by atoms with E-state index in [1.54, 1.807) is 11.0 Å². The van der Waals surface area contributed by atoms with Gasteiger partial charge in [0.15, 0.2) is 5.69 Å². The van der Waals surface area contributed by atoms with Crippen molar-refractivity contribution in [2.45, 2.75) is 12.8 Å². The van der Waals surface area contributed by atoms with Gasteiger partial charge in [-0.2, -0.15) is 0 Å². The van der Waals surface area contributed by atoms with Crippen LogP contribution in [0.1, 0.15) is 33.7 Å². The largest absolute Gasteiger partial charge is 0.472 e. The molecule has 1 atom stereocenters. The van der Waals surface area contributed by atoms with E-state index < -0.39 is 0 Å². The van der Waals surface area contributed by atoms with Crippen LogP contribution in [-0.4, -0.2) is 41.5 Å². The first kappa shape index (κ1) is 14.4. The molecule has 1 N–H and O–H groups in total. The highest BCUT2D eigenvalue weighted by Gasteiger charge is 2.25. The van der Waals surface area contributed by atoms with Crippen LogP contribution in [0.5, 0.6) is 0 Å². The number of aromatic nitrogens is 1. The van der Waals surface area contributed by atoms with Gasteiger partial charge in [0.1, 0.15) is 12.5 Å². The number of amides is 2. The predicted octanol–water partition coefficient (Wildman–Crippen LogP) is 1.55. The fraction of sp³-hybridized carbons (Fsp3) is 0.400. The van der Waals surface area contributed by atoms with Gasteiger partial charge in [-0.3, -0.25) is 9.59 Å². The second kappa shape index (κ2) is 6.46. The lowest BCUT2D eigenvalue weighted by atomic mass is 9.97. The Bertz CT molecular complexity index is 621. The van der Waals surface area contributed by atoms with Crippen molar-refractivity contribution in [3.8, 4) is 0 Å². The summed E-state index contributed by atoms with van der Waals surface area (Å²) in [7, 11) is 0. The van der Waals surface area contributed by atoms with Crippen molar-refractivity contribution in [2.75, 3.05) is 19.6 Å². The Hall–Kier alpha value is -2.57. The number of nitrogens with one attached hydrogen (secondary N) is 1. The quantitative estimate of drug-likeness (QED) is 0.925. The average molecular weight is 303 g/mol. The van der Waals surface area contributed by atoms with E-state index in [-0.39, 0.29) is 23.4 Å². The van der Waals surface area contributed by atoms with Crippen molar-refractivity contribution < 1.29 is 18.5 Å². The molecule has 0 radical (unpaired) electrons. The number of hydrogen-bond acceptors (Lipinski definition) is 5. The number of likely N-dealkylation sites (tertiary alicyclic amines) is 1. The number of piperidine rings is 1. The van der Waals surface area contributed by atoms with E-state index in [1.807, 2.05) is 0 Å². The van der Waals surface area contributed by atoms with Gasteiger partial charge >= 0.3 is 0 Å². The molecule has 3 rings (SSSR count). The summed E-state index contributed by atoms with van der Waals surface area (Å²) in [5.74, 6) is -0.0474. The van der Waals surface area contributed by atoms with Gasteiger partial charge in [0, 0.05) is 25.7 Å². The van der Waals surface area contributed by atoms with Gasteiger partial charge in [-0.15, -0.1) is 0 Å². The summed E-state index contributed by atoms with van der Waals surface area (Å²) < 4.78 is 9.60. The van der Waals surface area contributed by atoms with E-state index in [0.717, 1.165) is 19.4 Å². The zero-order valence-corrected chi connectivity index (χ0v) is 12.0. The van der Waals surface area contributed by atoms with E-state index in [4.69, 9.17) is 4.42 Å². The highest BCUT2D eigenvalue weighted by atomic mass is 16.5. The third-order valence-electron chi connectivity index (χ3n) is 3.80. The topological polar surface area (TPSA) is 88.6 Å². The molecule has 2 amide bonds. The summed E-state index contributed by atoms with van der Waals surface area (Å²) in [6, 6.07) is 3.18. The van der Waals surface area contributed by atoms with Crippen LogP contribution in [-0.2, 0) is 0 Å². The Balaban J connectivity index is 1.52. The van der Waals surface area contributed by atoms with Gasteiger partial charge in [-0.1, -0.05) is 5.16 Å². The lowest BCUT2D eigenvalue weighted by molar-refractivity contribution is 0.0670. The Morgan fingerprint density at radius 1 is 1.36 bits per heavy atom. The van der Waals surface area contributed by atoms with Crippen LogP contribution in [0.3, 0.4) is 0 Å². The van der Waals surface area contributed by atoms with E-state index in [1.165, 1.54) is 24.9 Å². The standard InChI is InChI=1S/C15H17N3O4/c19-14(13-4-7-22-17-13)16-8-11-2-1-5-18(9-11)15(20)12-3-6-21-10-12/h3-4,6-7,10-11H,1-2,5,8-9H2,(H,16,19). The Labute approximate surface area is 127 Å². The molecule has 3 heterocycles. The molecular weight excluding hydrogens is 286 g/mol. The number of rotatable bonds is 4. The van der Waals surface area contributed by atoms with Crippen LogP contribution < -0.4 is 5.32 Å². The first-order valence-electron chi connectivity index (χ1n) is 7.24. The van der Waals surface area contributed by atoms with E-state index >= 15 is 0 Å². The zero-order valence-electron chi connectivity index (χ0n) is 12.0. The van der Waals surface area contributed by atoms with Gasteiger partial charge in [0.05, 0.1) is 11.8 Å². The Morgan fingerprint density at radius 3 is 3.00 bits per heavy atom. The highest BCUT2D eigenvalue weighted by Crippen LogP contribution is 2.18. The molecule has 0 aliphatic carbocycles. The summed E-state index contributed by atoms with van der Waals surface area (Å²) >= 11 is 0. The molecule has 0 aromatic carbocycles. The zero-order chi connectivity index (χ0) is 15.4. The molecule has 0 bridgehead atoms. The van der Waals surface area contributed by atoms with Crippen LogP contribution in [0.15, 0.2) is 39.9 Å². The summed E-state index contributed by atoms with van der Waals surface area (Å²) in [5, 5.41) is 6.43. The van der Waals surface area contributed by atoms with Crippen LogP contribution in [0.4, 0.5) is 0 Å². The molecule has 116 valence electrons. The molecule has 22 heavy (non-hydrogen) atoms. The van der Waals surface area contributed by atoms with Gasteiger partial charge < -0.3 is 19.2 Å². The lowest BCUT2D eigenvalue weighted by Gasteiger charge is -2.32. The summed E-state index contributed by atoms with van der Waals surface area (Å²) in [6.07, 6.45) is 6.22. The Morgan fingerprint density at radius 2 is 2.27 bits per heavy atom. The second-order valence-electron chi connectivity index (χ2n) is 5.37. The fourth-order valence-corrected chi connectivity index (χ4v) is 2.64. The molecule has 1 saturated heterocycles. The molecule has 0 spiro atoms. The molecule has 1 aliphatic rings. The second-order valence-corrected chi connectivity index (χ2v) is 5.37. The van der Waals surface area contributed by atoms with Crippen molar-refractivity contribution in [1.29, 1.82) is 0 Å². The summed E-state index contributed by atoms with van der Waals surface area (Å²) in [6.45, 7) is 1.88. The molecular formula is C15H17N3O4. The number of hydrogen-bond donors (Lipinski definition) is 1. The minimum absolute atomic E-state index is 0.0266. The van der Waals surface area contributed by atoms with Crippen LogP contribution >= 0.6 is 0 Å². The molecule has 7 nitrogen and oxygen atoms in total. The van der Waals surface area contributed by atoms with Crippen molar-refractivity contribution in [1.82, 2.24) is 15.4 Å². The van der Waals surface area contributed by atoms with Crippen LogP contribution in [0.2, 0.25) is 0 Å². The normalized spacial score (nSPS) is 18.2. The molecule has 1 unspecified atom stereocenters. The molecule has 1 fully saturated rings. The van der Waals surface area contributed by atoms with E-state index in [2.05, 4.69) is 15.0 Å². The molecule has 2 aromatic heterocycles. The van der Waals surface area contributed by atoms with Crippen molar-refractivity contribution in [3.05, 3.63) is 42.2 Å². The van der Waals surface area contributed by atoms with Crippen LogP contribution in [0, 0.1) is 5.92 Å². The molecule has 2 aromatic rings. The molecule has 0 saturated carbocycles. The van der Waals surface area contributed by atoms with Gasteiger partial charge in [0.25, 0.3) is 11.8 Å². The fourth-order valence-electron chi connectivity index (χ4n) is 2.64. The number of furan rings is 1. The lowest BCUT2D eigenvalue weighted by Crippen LogP contribution is -2.43. The van der Waals surface area contributed by atoms with Crippen LogP contribution in [0.25, 0.3) is 0 Å². The maximum absolute atomic E-state index is 12.3. The average Bonchev–Trinajstić information content (AvgIpc) is 3.25. The Kier molecular flexibility index (Phi) is 4.22. The van der Waals surface area contributed by atoms with Crippen molar-refractivity contribution in [2.24, 2.45) is 5.92 Å². The minimum atomic E-state index is -0.257. The maximum atomic E-state index is 12.3. The summed E-state index contributed by atoms with van der Waals surface area (Å²) in [4.78, 5) is 25.9. The SMILES string of the molecule is O=C(NCC1CCCN(C(=O)c2ccoc2)C1)c1ccon1. The monoisotopic (exact) mass is 303 g/mol. The third-order valence-corrected chi connectivity index (χ3v) is 3.80. The third kappa shape index (κ3) is 3.19. The first-order valence-corrected chi connectivity index (χ1v) is 7.24.